The lowest BCUT2D eigenvalue weighted by Crippen LogP contribution is -2.48. The van der Waals surface area contributed by atoms with Crippen LogP contribution in [0.15, 0.2) is 47.4 Å². The van der Waals surface area contributed by atoms with Crippen molar-refractivity contribution in [1.82, 2.24) is 9.62 Å². The van der Waals surface area contributed by atoms with E-state index < -0.39 is 32.0 Å². The van der Waals surface area contributed by atoms with E-state index in [-0.39, 0.29) is 18.0 Å². The van der Waals surface area contributed by atoms with Crippen molar-refractivity contribution >= 4 is 31.6 Å². The van der Waals surface area contributed by atoms with E-state index in [0.717, 1.165) is 34.5 Å². The number of sulfonamides is 2. The van der Waals surface area contributed by atoms with E-state index in [1.54, 1.807) is 24.3 Å². The first-order chi connectivity index (χ1) is 16.4. The maximum Gasteiger partial charge on any atom is 0.243 e. The molecule has 1 heterocycles. The Balaban J connectivity index is 1.55. The van der Waals surface area contributed by atoms with Crippen LogP contribution in [0.1, 0.15) is 30.9 Å². The van der Waals surface area contributed by atoms with Crippen molar-refractivity contribution in [3.05, 3.63) is 53.6 Å². The summed E-state index contributed by atoms with van der Waals surface area (Å²) in [7, 11) is -7.18. The molecule has 1 fully saturated rings. The summed E-state index contributed by atoms with van der Waals surface area (Å²) in [6.07, 6.45) is 2.82. The zero-order valence-corrected chi connectivity index (χ0v) is 22.2. The highest BCUT2D eigenvalue weighted by molar-refractivity contribution is 7.92. The first kappa shape index (κ1) is 27.0. The Morgan fingerprint density at radius 1 is 1.03 bits per heavy atom. The first-order valence-corrected chi connectivity index (χ1v) is 14.8. The number of amides is 1. The number of rotatable bonds is 10. The number of carbonyl (C=O) groups is 1. The molecule has 0 saturated carbocycles. The van der Waals surface area contributed by atoms with Gasteiger partial charge in [-0.1, -0.05) is 6.07 Å². The van der Waals surface area contributed by atoms with Gasteiger partial charge in [-0.15, -0.1) is 0 Å². The maximum absolute atomic E-state index is 12.7. The Bertz CT molecular complexity index is 1250. The normalized spacial score (nSPS) is 15.5. The molecule has 11 heteroatoms. The van der Waals surface area contributed by atoms with Crippen LogP contribution in [0.25, 0.3) is 0 Å². The van der Waals surface area contributed by atoms with Crippen molar-refractivity contribution < 1.29 is 26.4 Å². The summed E-state index contributed by atoms with van der Waals surface area (Å²) in [5.74, 6) is 0.0184. The third kappa shape index (κ3) is 6.53. The van der Waals surface area contributed by atoms with Gasteiger partial charge in [-0.05, 0) is 81.1 Å². The highest BCUT2D eigenvalue weighted by atomic mass is 32.2. The molecule has 0 aromatic heterocycles. The molecule has 1 aliphatic heterocycles. The topological polar surface area (TPSA) is 113 Å². The number of carbonyl (C=O) groups excluding carboxylic acids is 1. The van der Waals surface area contributed by atoms with E-state index in [1.165, 1.54) is 23.4 Å². The van der Waals surface area contributed by atoms with Crippen molar-refractivity contribution in [2.45, 2.75) is 44.6 Å². The van der Waals surface area contributed by atoms with Gasteiger partial charge in [-0.2, -0.15) is 4.31 Å². The van der Waals surface area contributed by atoms with Gasteiger partial charge in [0.05, 0.1) is 23.4 Å². The van der Waals surface area contributed by atoms with Gasteiger partial charge in [0.15, 0.2) is 0 Å². The molecule has 35 heavy (non-hydrogen) atoms. The van der Waals surface area contributed by atoms with Gasteiger partial charge < -0.3 is 10.1 Å². The fraction of sp³-hybridized carbons (Fsp3) is 0.458. The third-order valence-corrected chi connectivity index (χ3v) is 9.18. The van der Waals surface area contributed by atoms with Crippen LogP contribution in [0, 0.1) is 13.8 Å². The number of ether oxygens (including phenoxy) is 1. The van der Waals surface area contributed by atoms with Crippen LogP contribution in [0.2, 0.25) is 0 Å². The highest BCUT2D eigenvalue weighted by Crippen LogP contribution is 2.24. The van der Waals surface area contributed by atoms with E-state index in [9.17, 15) is 21.6 Å². The quantitative estimate of drug-likeness (QED) is 0.479. The summed E-state index contributed by atoms with van der Waals surface area (Å²) in [4.78, 5) is 12.9. The lowest BCUT2D eigenvalue weighted by Gasteiger charge is -2.28. The van der Waals surface area contributed by atoms with Crippen molar-refractivity contribution in [1.29, 1.82) is 0 Å². The van der Waals surface area contributed by atoms with Crippen LogP contribution in [0.3, 0.4) is 0 Å². The highest BCUT2D eigenvalue weighted by Gasteiger charge is 2.29. The molecular weight excluding hydrogens is 490 g/mol. The van der Waals surface area contributed by atoms with Crippen molar-refractivity contribution in [3.8, 4) is 5.75 Å². The predicted molar refractivity (Wildman–Crippen MR) is 136 cm³/mol. The summed E-state index contributed by atoms with van der Waals surface area (Å²) in [5.41, 5.74) is 2.38. The van der Waals surface area contributed by atoms with Crippen LogP contribution in [0.4, 0.5) is 5.69 Å². The molecule has 1 saturated heterocycles. The van der Waals surface area contributed by atoms with Gasteiger partial charge in [0, 0.05) is 13.1 Å². The molecule has 0 spiro atoms. The molecule has 1 atom stereocenters. The standard InChI is InChI=1S/C24H33N3O6S2/c1-18-7-8-21(17-19(18)2)27(34(4,29)30)20(3)24(28)25-13-16-33-22-9-11-23(12-10-22)35(31,32)26-14-5-6-15-26/h7-12,17,20H,5-6,13-16H2,1-4H3,(H,25,28). The minimum atomic E-state index is -3.70. The minimum Gasteiger partial charge on any atom is -0.492 e. The lowest BCUT2D eigenvalue weighted by atomic mass is 10.1. The summed E-state index contributed by atoms with van der Waals surface area (Å²) in [5, 5.41) is 2.70. The average Bonchev–Trinajstić information content (AvgIpc) is 3.34. The van der Waals surface area contributed by atoms with Gasteiger partial charge in [0.1, 0.15) is 18.4 Å². The molecule has 0 aliphatic carbocycles. The number of benzene rings is 2. The number of hydrogen-bond donors (Lipinski definition) is 1. The van der Waals surface area contributed by atoms with E-state index >= 15 is 0 Å². The fourth-order valence-electron chi connectivity index (χ4n) is 3.95. The summed E-state index contributed by atoms with van der Waals surface area (Å²) in [6.45, 7) is 6.72. The Hall–Kier alpha value is -2.63. The largest absolute Gasteiger partial charge is 0.492 e. The Kier molecular flexibility index (Phi) is 8.45. The molecule has 0 radical (unpaired) electrons. The molecule has 1 unspecified atom stereocenters. The number of nitrogens with zero attached hydrogens (tertiary/aromatic N) is 2. The summed E-state index contributed by atoms with van der Waals surface area (Å²) < 4.78 is 58.3. The average molecular weight is 524 g/mol. The fourth-order valence-corrected chi connectivity index (χ4v) is 6.63. The second-order valence-electron chi connectivity index (χ2n) is 8.73. The van der Waals surface area contributed by atoms with Gasteiger partial charge >= 0.3 is 0 Å². The molecule has 2 aromatic carbocycles. The van der Waals surface area contributed by atoms with Crippen LogP contribution < -0.4 is 14.4 Å². The smallest absolute Gasteiger partial charge is 0.243 e. The van der Waals surface area contributed by atoms with Crippen LogP contribution in [0.5, 0.6) is 5.75 Å². The summed E-state index contributed by atoms with van der Waals surface area (Å²) >= 11 is 0. The van der Waals surface area contributed by atoms with Crippen LogP contribution in [-0.2, 0) is 24.8 Å². The number of aryl methyl sites for hydroxylation is 2. The van der Waals surface area contributed by atoms with Gasteiger partial charge in [-0.3, -0.25) is 9.10 Å². The first-order valence-electron chi connectivity index (χ1n) is 11.5. The molecule has 1 N–H and O–H groups in total. The van der Waals surface area contributed by atoms with Crippen LogP contribution in [-0.4, -0.2) is 65.6 Å². The van der Waals surface area contributed by atoms with E-state index in [1.807, 2.05) is 19.9 Å². The molecule has 9 nitrogen and oxygen atoms in total. The third-order valence-electron chi connectivity index (χ3n) is 6.03. The molecule has 2 aromatic rings. The zero-order valence-electron chi connectivity index (χ0n) is 20.5. The monoisotopic (exact) mass is 523 g/mol. The van der Waals surface area contributed by atoms with Crippen molar-refractivity contribution in [2.75, 3.05) is 36.8 Å². The Morgan fingerprint density at radius 2 is 1.66 bits per heavy atom. The molecule has 3 rings (SSSR count). The lowest BCUT2D eigenvalue weighted by molar-refractivity contribution is -0.121. The second-order valence-corrected chi connectivity index (χ2v) is 12.5. The molecule has 1 aliphatic rings. The second kappa shape index (κ2) is 11.0. The molecule has 1 amide bonds. The number of hydrogen-bond acceptors (Lipinski definition) is 6. The van der Waals surface area contributed by atoms with Gasteiger partial charge in [-0.25, -0.2) is 16.8 Å². The van der Waals surface area contributed by atoms with Gasteiger partial charge in [0.25, 0.3) is 0 Å². The Morgan fingerprint density at radius 3 is 2.23 bits per heavy atom. The summed E-state index contributed by atoms with van der Waals surface area (Å²) in [6, 6.07) is 10.5. The number of nitrogens with one attached hydrogen (secondary N) is 1. The van der Waals surface area contributed by atoms with Crippen molar-refractivity contribution in [2.24, 2.45) is 0 Å². The minimum absolute atomic E-state index is 0.138. The van der Waals surface area contributed by atoms with Crippen molar-refractivity contribution in [3.63, 3.8) is 0 Å². The molecule has 0 bridgehead atoms. The maximum atomic E-state index is 12.7. The van der Waals surface area contributed by atoms with E-state index in [4.69, 9.17) is 4.74 Å². The SMILES string of the molecule is Cc1ccc(N(C(C)C(=O)NCCOc2ccc(S(=O)(=O)N3CCCC3)cc2)S(C)(=O)=O)cc1C. The Labute approximate surface area is 208 Å². The zero-order chi connectivity index (χ0) is 25.8. The van der Waals surface area contributed by atoms with E-state index in [0.29, 0.717) is 24.5 Å². The molecular formula is C24H33N3O6S2. The van der Waals surface area contributed by atoms with Gasteiger partial charge in [0.2, 0.25) is 26.0 Å². The predicted octanol–water partition coefficient (Wildman–Crippen LogP) is 2.44. The number of anilines is 1. The van der Waals surface area contributed by atoms with Crippen LogP contribution >= 0.6 is 0 Å². The van der Waals surface area contributed by atoms with E-state index in [2.05, 4.69) is 5.32 Å². The molecule has 192 valence electrons.